The van der Waals surface area contributed by atoms with Gasteiger partial charge in [0.1, 0.15) is 0 Å². The van der Waals surface area contributed by atoms with E-state index >= 15 is 0 Å². The molecule has 2 rings (SSSR count). The van der Waals surface area contributed by atoms with E-state index in [-0.39, 0.29) is 23.8 Å². The van der Waals surface area contributed by atoms with Crippen LogP contribution in [0.2, 0.25) is 5.02 Å². The van der Waals surface area contributed by atoms with Crippen molar-refractivity contribution in [2.75, 3.05) is 19.4 Å². The largest absolute Gasteiger partial charge is 0.345 e. The molecule has 0 atom stereocenters. The van der Waals surface area contributed by atoms with E-state index in [1.54, 1.807) is 20.2 Å². The molecule has 1 fully saturated rings. The Kier molecular flexibility index (Phi) is 4.52. The molecule has 1 aromatic rings. The topological polar surface area (TPSA) is 49.4 Å². The second kappa shape index (κ2) is 6.02. The molecule has 6 heteroatoms. The highest BCUT2D eigenvalue weighted by molar-refractivity contribution is 6.34. The average molecular weight is 313 g/mol. The molecule has 1 N–H and O–H groups in total. The first-order chi connectivity index (χ1) is 9.83. The van der Waals surface area contributed by atoms with Gasteiger partial charge in [0.2, 0.25) is 0 Å². The Hall–Kier alpha value is -1.62. The van der Waals surface area contributed by atoms with Crippen molar-refractivity contribution in [1.29, 1.82) is 0 Å². The Morgan fingerprint density at radius 2 is 1.90 bits per heavy atom. The molecule has 1 saturated carbocycles. The van der Waals surface area contributed by atoms with Crippen LogP contribution in [-0.4, -0.2) is 36.5 Å². The van der Waals surface area contributed by atoms with Gasteiger partial charge in [0, 0.05) is 19.8 Å². The highest BCUT2D eigenvalue weighted by Crippen LogP contribution is 2.34. The van der Waals surface area contributed by atoms with Crippen LogP contribution in [0.3, 0.4) is 0 Å². The third-order valence-electron chi connectivity index (χ3n) is 3.67. The normalized spacial score (nSPS) is 16.6. The van der Waals surface area contributed by atoms with Gasteiger partial charge in [0.05, 0.1) is 10.6 Å². The van der Waals surface area contributed by atoms with Crippen LogP contribution in [0.15, 0.2) is 18.2 Å². The maximum absolute atomic E-state index is 14.3. The van der Waals surface area contributed by atoms with Crippen molar-refractivity contribution in [1.82, 2.24) is 4.90 Å². The van der Waals surface area contributed by atoms with Gasteiger partial charge in [-0.25, -0.2) is 4.39 Å². The zero-order valence-corrected chi connectivity index (χ0v) is 12.8. The number of amides is 2. The van der Waals surface area contributed by atoms with Gasteiger partial charge in [-0.05, 0) is 43.9 Å². The van der Waals surface area contributed by atoms with Crippen molar-refractivity contribution in [3.05, 3.63) is 28.8 Å². The third kappa shape index (κ3) is 3.35. The Morgan fingerprint density at radius 1 is 1.29 bits per heavy atom. The number of benzene rings is 1. The summed E-state index contributed by atoms with van der Waals surface area (Å²) in [7, 11) is 3.25. The Morgan fingerprint density at radius 3 is 2.43 bits per heavy atom. The minimum absolute atomic E-state index is 0.226. The van der Waals surface area contributed by atoms with Gasteiger partial charge in [-0.15, -0.1) is 0 Å². The second-order valence-electron chi connectivity index (χ2n) is 5.52. The van der Waals surface area contributed by atoms with Crippen molar-refractivity contribution in [3.63, 3.8) is 0 Å². The van der Waals surface area contributed by atoms with Crippen LogP contribution >= 0.6 is 11.6 Å². The molecule has 21 heavy (non-hydrogen) atoms. The van der Waals surface area contributed by atoms with Gasteiger partial charge >= 0.3 is 0 Å². The number of carbonyl (C=O) groups excluding carboxylic acids is 2. The number of nitrogens with zero attached hydrogens (tertiary/aromatic N) is 1. The van der Waals surface area contributed by atoms with Crippen molar-refractivity contribution in [2.24, 2.45) is 0 Å². The van der Waals surface area contributed by atoms with Crippen molar-refractivity contribution < 1.29 is 14.0 Å². The number of halogens is 2. The van der Waals surface area contributed by atoms with Crippen molar-refractivity contribution in [2.45, 2.75) is 31.4 Å². The maximum atomic E-state index is 14.3. The molecule has 0 heterocycles. The summed E-state index contributed by atoms with van der Waals surface area (Å²) >= 11 is 6.05. The van der Waals surface area contributed by atoms with E-state index in [1.807, 2.05) is 0 Å². The molecule has 1 aliphatic rings. The Balaban J connectivity index is 2.14. The minimum Gasteiger partial charge on any atom is -0.345 e. The van der Waals surface area contributed by atoms with Crippen LogP contribution in [0.1, 0.15) is 36.0 Å². The van der Waals surface area contributed by atoms with E-state index in [9.17, 15) is 14.0 Å². The molecule has 0 spiro atoms. The molecule has 1 aliphatic carbocycles. The predicted molar refractivity (Wildman–Crippen MR) is 80.4 cm³/mol. The lowest BCUT2D eigenvalue weighted by molar-refractivity contribution is -0.127. The fourth-order valence-corrected chi connectivity index (χ4v) is 2.67. The van der Waals surface area contributed by atoms with Crippen LogP contribution in [0.5, 0.6) is 0 Å². The molecule has 0 radical (unpaired) electrons. The van der Waals surface area contributed by atoms with Crippen LogP contribution < -0.4 is 5.32 Å². The lowest BCUT2D eigenvalue weighted by atomic mass is 10.0. The number of hydrogen-bond donors (Lipinski definition) is 1. The molecule has 2 amide bonds. The summed E-state index contributed by atoms with van der Waals surface area (Å²) in [6.07, 6.45) is 1.95. The number of nitrogens with one attached hydrogen (secondary N) is 1. The molecule has 0 unspecified atom stereocenters. The molecule has 0 bridgehead atoms. The van der Waals surface area contributed by atoms with Gasteiger partial charge in [-0.2, -0.15) is 0 Å². The summed E-state index contributed by atoms with van der Waals surface area (Å²) in [5.41, 5.74) is -1.05. The number of carbonyl (C=O) groups is 2. The summed E-state index contributed by atoms with van der Waals surface area (Å²) < 4.78 is 14.3. The summed E-state index contributed by atoms with van der Waals surface area (Å²) in [6.45, 7) is 0. The van der Waals surface area contributed by atoms with Crippen LogP contribution in [0.25, 0.3) is 0 Å². The smallest absolute Gasteiger partial charge is 0.262 e. The fraction of sp³-hybridized carbons (Fsp3) is 0.467. The summed E-state index contributed by atoms with van der Waals surface area (Å²) in [4.78, 5) is 25.2. The lowest BCUT2D eigenvalue weighted by Gasteiger charge is -2.18. The Labute approximate surface area is 128 Å². The number of alkyl halides is 1. The van der Waals surface area contributed by atoms with Gasteiger partial charge in [0.15, 0.2) is 5.67 Å². The monoisotopic (exact) mass is 312 g/mol. The van der Waals surface area contributed by atoms with Crippen molar-refractivity contribution in [3.8, 4) is 0 Å². The van der Waals surface area contributed by atoms with Gasteiger partial charge in [0.25, 0.3) is 11.8 Å². The van der Waals surface area contributed by atoms with E-state index in [4.69, 9.17) is 11.6 Å². The average Bonchev–Trinajstić information content (AvgIpc) is 2.86. The predicted octanol–water partition coefficient (Wildman–Crippen LogP) is 3.26. The summed E-state index contributed by atoms with van der Waals surface area (Å²) in [6, 6.07) is 4.55. The lowest BCUT2D eigenvalue weighted by Crippen LogP contribution is -2.36. The zero-order valence-electron chi connectivity index (χ0n) is 12.1. The van der Waals surface area contributed by atoms with Crippen LogP contribution in [0, 0.1) is 0 Å². The zero-order chi connectivity index (χ0) is 15.6. The SMILES string of the molecule is CN(C)C(=O)c1ccc(NC(=O)C2(F)CCCC2)cc1Cl. The molecule has 0 aromatic heterocycles. The maximum Gasteiger partial charge on any atom is 0.262 e. The standard InChI is InChI=1S/C15H18ClFN2O2/c1-19(2)13(20)11-6-5-10(9-12(11)16)18-14(21)15(17)7-3-4-8-15/h5-6,9H,3-4,7-8H2,1-2H3,(H,18,21). The molecule has 0 aliphatic heterocycles. The molecular weight excluding hydrogens is 295 g/mol. The van der Waals surface area contributed by atoms with Crippen LogP contribution in [0.4, 0.5) is 10.1 Å². The van der Waals surface area contributed by atoms with Crippen molar-refractivity contribution >= 4 is 29.1 Å². The van der Waals surface area contributed by atoms with E-state index in [0.717, 1.165) is 12.8 Å². The summed E-state index contributed by atoms with van der Waals surface area (Å²) in [5, 5.41) is 2.76. The number of anilines is 1. The number of hydrogen-bond acceptors (Lipinski definition) is 2. The van der Waals surface area contributed by atoms with Gasteiger partial charge in [-0.1, -0.05) is 11.6 Å². The van der Waals surface area contributed by atoms with E-state index in [0.29, 0.717) is 11.3 Å². The first-order valence-corrected chi connectivity index (χ1v) is 7.23. The molecular formula is C15H18ClFN2O2. The second-order valence-corrected chi connectivity index (χ2v) is 5.93. The highest BCUT2D eigenvalue weighted by Gasteiger charge is 2.41. The molecule has 1 aromatic carbocycles. The quantitative estimate of drug-likeness (QED) is 0.931. The van der Waals surface area contributed by atoms with E-state index in [1.165, 1.54) is 17.0 Å². The van der Waals surface area contributed by atoms with Crippen LogP contribution in [-0.2, 0) is 4.79 Å². The molecule has 114 valence electrons. The summed E-state index contributed by atoms with van der Waals surface area (Å²) in [5.74, 6) is -0.863. The van der Waals surface area contributed by atoms with Gasteiger partial charge < -0.3 is 10.2 Å². The minimum atomic E-state index is -1.79. The number of rotatable bonds is 3. The first-order valence-electron chi connectivity index (χ1n) is 6.85. The fourth-order valence-electron chi connectivity index (χ4n) is 2.41. The molecule has 0 saturated heterocycles. The Bertz CT molecular complexity index is 569. The van der Waals surface area contributed by atoms with Gasteiger partial charge in [-0.3, -0.25) is 9.59 Å². The first kappa shape index (κ1) is 15.8. The highest BCUT2D eigenvalue weighted by atomic mass is 35.5. The van der Waals surface area contributed by atoms with E-state index in [2.05, 4.69) is 5.32 Å². The third-order valence-corrected chi connectivity index (χ3v) is 3.98. The van der Waals surface area contributed by atoms with E-state index < -0.39 is 11.6 Å². The molecule has 4 nitrogen and oxygen atoms in total.